The molecule has 0 atom stereocenters. The molecule has 8 heteroatoms. The van der Waals surface area contributed by atoms with Gasteiger partial charge >= 0.3 is 5.69 Å². The van der Waals surface area contributed by atoms with Gasteiger partial charge in [-0.3, -0.25) is 10.1 Å². The van der Waals surface area contributed by atoms with E-state index >= 15 is 0 Å². The highest BCUT2D eigenvalue weighted by Crippen LogP contribution is 2.28. The van der Waals surface area contributed by atoms with Gasteiger partial charge in [-0.2, -0.15) is 0 Å². The zero-order valence-electron chi connectivity index (χ0n) is 10.3. The Hall–Kier alpha value is -1.93. The predicted octanol–water partition coefficient (Wildman–Crippen LogP) is 0.482. The van der Waals surface area contributed by atoms with Gasteiger partial charge in [-0.25, -0.2) is 10.8 Å². The monoisotopic (exact) mass is 255 g/mol. The van der Waals surface area contributed by atoms with Crippen molar-refractivity contribution in [2.24, 2.45) is 5.84 Å². The fourth-order valence-electron chi connectivity index (χ4n) is 1.59. The van der Waals surface area contributed by atoms with Crippen LogP contribution in [-0.4, -0.2) is 34.2 Å². The van der Waals surface area contributed by atoms with E-state index in [4.69, 9.17) is 10.9 Å². The lowest BCUT2D eigenvalue weighted by Crippen LogP contribution is -2.34. The van der Waals surface area contributed by atoms with Gasteiger partial charge in [0.15, 0.2) is 0 Å². The van der Waals surface area contributed by atoms with Gasteiger partial charge in [0.05, 0.1) is 11.5 Å². The van der Waals surface area contributed by atoms with Crippen molar-refractivity contribution in [3.8, 4) is 0 Å². The molecule has 0 saturated heterocycles. The Morgan fingerprint density at radius 2 is 2.28 bits per heavy atom. The molecule has 0 aliphatic rings. The molecular weight excluding hydrogens is 238 g/mol. The minimum absolute atomic E-state index is 0.0311. The van der Waals surface area contributed by atoms with Crippen LogP contribution in [0.1, 0.15) is 13.8 Å². The molecule has 1 rings (SSSR count). The van der Waals surface area contributed by atoms with Gasteiger partial charge in [0.1, 0.15) is 5.82 Å². The van der Waals surface area contributed by atoms with Crippen LogP contribution < -0.4 is 16.2 Å². The second-order valence-electron chi connectivity index (χ2n) is 3.95. The quantitative estimate of drug-likeness (QED) is 0.384. The first-order chi connectivity index (χ1) is 8.51. The van der Waals surface area contributed by atoms with Crippen molar-refractivity contribution in [1.82, 2.24) is 4.98 Å². The number of aromatic nitrogens is 1. The smallest absolute Gasteiger partial charge is 0.311 e. The number of nitrogens with zero attached hydrogens (tertiary/aromatic N) is 3. The first-order valence-corrected chi connectivity index (χ1v) is 5.50. The number of hydrogen-bond acceptors (Lipinski definition) is 7. The highest BCUT2D eigenvalue weighted by atomic mass is 16.6. The van der Waals surface area contributed by atoms with Gasteiger partial charge < -0.3 is 15.4 Å². The Bertz CT molecular complexity index is 424. The molecule has 0 aromatic carbocycles. The molecule has 0 radical (unpaired) electrons. The van der Waals surface area contributed by atoms with Crippen molar-refractivity contribution in [3.05, 3.63) is 22.2 Å². The minimum atomic E-state index is -0.505. The lowest BCUT2D eigenvalue weighted by atomic mass is 10.2. The van der Waals surface area contributed by atoms with Gasteiger partial charge in [-0.15, -0.1) is 0 Å². The summed E-state index contributed by atoms with van der Waals surface area (Å²) in [6.07, 6.45) is 0. The topological polar surface area (TPSA) is 118 Å². The molecule has 0 fully saturated rings. The number of hydrogen-bond donors (Lipinski definition) is 3. The van der Waals surface area contributed by atoms with Gasteiger partial charge in [0.2, 0.25) is 5.82 Å². The molecule has 0 unspecified atom stereocenters. The number of hydrazine groups is 1. The van der Waals surface area contributed by atoms with Crippen LogP contribution in [0.5, 0.6) is 0 Å². The maximum atomic E-state index is 11.0. The average Bonchev–Trinajstić information content (AvgIpc) is 2.34. The van der Waals surface area contributed by atoms with Gasteiger partial charge in [0, 0.05) is 18.7 Å². The van der Waals surface area contributed by atoms with Crippen LogP contribution in [-0.2, 0) is 0 Å². The molecule has 100 valence electrons. The first kappa shape index (κ1) is 14.1. The van der Waals surface area contributed by atoms with E-state index in [1.807, 2.05) is 13.8 Å². The Morgan fingerprint density at radius 3 is 2.72 bits per heavy atom. The Labute approximate surface area is 105 Å². The third kappa shape index (κ3) is 3.05. The summed E-state index contributed by atoms with van der Waals surface area (Å²) in [5.41, 5.74) is 2.23. The van der Waals surface area contributed by atoms with E-state index in [1.54, 1.807) is 4.90 Å². The van der Waals surface area contributed by atoms with Crippen LogP contribution in [0, 0.1) is 10.1 Å². The third-order valence-electron chi connectivity index (χ3n) is 2.44. The molecule has 0 amide bonds. The first-order valence-electron chi connectivity index (χ1n) is 5.50. The molecule has 4 N–H and O–H groups in total. The molecule has 0 aliphatic heterocycles. The van der Waals surface area contributed by atoms with Crippen molar-refractivity contribution in [2.75, 3.05) is 23.5 Å². The number of nitro groups is 1. The van der Waals surface area contributed by atoms with Crippen molar-refractivity contribution < 1.29 is 10.0 Å². The second-order valence-corrected chi connectivity index (χ2v) is 3.95. The zero-order valence-corrected chi connectivity index (χ0v) is 10.3. The van der Waals surface area contributed by atoms with Crippen LogP contribution in [0.4, 0.5) is 17.3 Å². The number of aliphatic hydroxyl groups excluding tert-OH is 1. The minimum Gasteiger partial charge on any atom is -0.395 e. The molecular formula is C10H17N5O3. The molecule has 1 aromatic rings. The average molecular weight is 255 g/mol. The van der Waals surface area contributed by atoms with Gasteiger partial charge in [-0.05, 0) is 19.9 Å². The summed E-state index contributed by atoms with van der Waals surface area (Å²) in [7, 11) is 0. The lowest BCUT2D eigenvalue weighted by Gasteiger charge is -2.26. The number of aliphatic hydroxyl groups is 1. The fraction of sp³-hybridized carbons (Fsp3) is 0.500. The lowest BCUT2D eigenvalue weighted by molar-refractivity contribution is -0.384. The van der Waals surface area contributed by atoms with Gasteiger partial charge in [-0.1, -0.05) is 0 Å². The molecule has 18 heavy (non-hydrogen) atoms. The molecule has 0 saturated carbocycles. The summed E-state index contributed by atoms with van der Waals surface area (Å²) < 4.78 is 0. The number of anilines is 2. The fourth-order valence-corrected chi connectivity index (χ4v) is 1.59. The molecule has 8 nitrogen and oxygen atoms in total. The van der Waals surface area contributed by atoms with E-state index < -0.39 is 4.92 Å². The number of rotatable bonds is 6. The number of nitrogens with one attached hydrogen (secondary N) is 1. The van der Waals surface area contributed by atoms with E-state index in [0.29, 0.717) is 5.82 Å². The summed E-state index contributed by atoms with van der Waals surface area (Å²) in [4.78, 5) is 16.2. The number of pyridine rings is 1. The zero-order chi connectivity index (χ0) is 13.7. The van der Waals surface area contributed by atoms with E-state index in [9.17, 15) is 10.1 Å². The highest BCUT2D eigenvalue weighted by Gasteiger charge is 2.23. The van der Waals surface area contributed by atoms with E-state index in [2.05, 4.69) is 10.4 Å². The normalized spacial score (nSPS) is 10.5. The van der Waals surface area contributed by atoms with Crippen molar-refractivity contribution >= 4 is 17.3 Å². The Balaban J connectivity index is 3.27. The molecule has 0 spiro atoms. The summed E-state index contributed by atoms with van der Waals surface area (Å²) >= 11 is 0. The summed E-state index contributed by atoms with van der Waals surface area (Å²) in [6.45, 7) is 3.88. The van der Waals surface area contributed by atoms with Crippen LogP contribution in [0.15, 0.2) is 12.1 Å². The van der Waals surface area contributed by atoms with Crippen molar-refractivity contribution in [3.63, 3.8) is 0 Å². The maximum absolute atomic E-state index is 11.0. The van der Waals surface area contributed by atoms with Crippen LogP contribution >= 0.6 is 0 Å². The van der Waals surface area contributed by atoms with Crippen LogP contribution in [0.2, 0.25) is 0 Å². The molecule has 1 heterocycles. The van der Waals surface area contributed by atoms with Crippen LogP contribution in [0.25, 0.3) is 0 Å². The molecule has 0 aliphatic carbocycles. The summed E-state index contributed by atoms with van der Waals surface area (Å²) in [5, 5.41) is 20.0. The Morgan fingerprint density at radius 1 is 1.61 bits per heavy atom. The second kappa shape index (κ2) is 6.12. The van der Waals surface area contributed by atoms with E-state index in [1.165, 1.54) is 12.1 Å². The van der Waals surface area contributed by atoms with Crippen molar-refractivity contribution in [1.29, 1.82) is 0 Å². The molecule has 1 aromatic heterocycles. The van der Waals surface area contributed by atoms with Crippen molar-refractivity contribution in [2.45, 2.75) is 19.9 Å². The van der Waals surface area contributed by atoms with E-state index in [0.717, 1.165) is 0 Å². The van der Waals surface area contributed by atoms with Crippen LogP contribution in [0.3, 0.4) is 0 Å². The molecule has 0 bridgehead atoms. The summed E-state index contributed by atoms with van der Waals surface area (Å²) in [5.74, 6) is 5.77. The standard InChI is InChI=1S/C10H17N5O3/c1-7(2)14(5-6-16)10-8(15(17)18)3-4-9(12-10)13-11/h3-4,7,16H,5-6,11H2,1-2H3,(H,12,13). The maximum Gasteiger partial charge on any atom is 0.311 e. The largest absolute Gasteiger partial charge is 0.395 e. The van der Waals surface area contributed by atoms with Gasteiger partial charge in [0.25, 0.3) is 0 Å². The number of nitrogen functional groups attached to an aromatic ring is 1. The third-order valence-corrected chi connectivity index (χ3v) is 2.44. The summed E-state index contributed by atoms with van der Waals surface area (Å²) in [6, 6.07) is 2.74. The van der Waals surface area contributed by atoms with E-state index in [-0.39, 0.29) is 30.7 Å². The number of nitrogens with two attached hydrogens (primary N) is 1. The predicted molar refractivity (Wildman–Crippen MR) is 68.3 cm³/mol. The SMILES string of the molecule is CC(C)N(CCO)c1nc(NN)ccc1[N+](=O)[O-]. The highest BCUT2D eigenvalue weighted by molar-refractivity contribution is 5.62. The Kier molecular flexibility index (Phi) is 4.81.